The molecule has 0 bridgehead atoms. The summed E-state index contributed by atoms with van der Waals surface area (Å²) in [5.74, 6) is 0.110. The van der Waals surface area contributed by atoms with Crippen molar-refractivity contribution in [2.45, 2.75) is 36.9 Å². The van der Waals surface area contributed by atoms with Gasteiger partial charge in [-0.1, -0.05) is 30.8 Å². The van der Waals surface area contributed by atoms with E-state index in [1.165, 1.54) is 39.7 Å². The van der Waals surface area contributed by atoms with Crippen LogP contribution >= 0.6 is 0 Å². The number of furan rings is 1. The molecule has 1 aromatic heterocycles. The number of benzene rings is 2. The van der Waals surface area contributed by atoms with Gasteiger partial charge in [-0.3, -0.25) is 14.9 Å². The second-order valence-corrected chi connectivity index (χ2v) is 10.3. The van der Waals surface area contributed by atoms with Gasteiger partial charge in [-0.2, -0.15) is 4.31 Å². The average molecular weight is 478 g/mol. The molecule has 9 heteroatoms. The van der Waals surface area contributed by atoms with E-state index in [9.17, 15) is 18.0 Å². The zero-order chi connectivity index (χ0) is 23.9. The van der Waals surface area contributed by atoms with Gasteiger partial charge in [-0.05, 0) is 54.3 Å². The van der Waals surface area contributed by atoms with Crippen molar-refractivity contribution in [3.63, 3.8) is 0 Å². The van der Waals surface area contributed by atoms with Crippen molar-refractivity contribution in [3.8, 4) is 0 Å². The number of sulfonamides is 1. The molecule has 0 atom stereocenters. The van der Waals surface area contributed by atoms with Gasteiger partial charge in [0.1, 0.15) is 5.76 Å². The molecule has 8 nitrogen and oxygen atoms in total. The summed E-state index contributed by atoms with van der Waals surface area (Å²) in [5.41, 5.74) is 3.59. The largest absolute Gasteiger partial charge is 0.444 e. The summed E-state index contributed by atoms with van der Waals surface area (Å²) in [6, 6.07) is 15.7. The topological polar surface area (TPSA) is 109 Å². The Morgan fingerprint density at radius 3 is 2.29 bits per heavy atom. The van der Waals surface area contributed by atoms with Crippen LogP contribution in [0.15, 0.2) is 76.6 Å². The maximum Gasteiger partial charge on any atom is 0.251 e. The summed E-state index contributed by atoms with van der Waals surface area (Å²) in [6.45, 7) is 3.58. The van der Waals surface area contributed by atoms with Gasteiger partial charge in [0, 0.05) is 29.8 Å². The van der Waals surface area contributed by atoms with Crippen molar-refractivity contribution in [2.75, 3.05) is 5.32 Å². The molecule has 2 aliphatic rings. The van der Waals surface area contributed by atoms with Gasteiger partial charge in [0.25, 0.3) is 5.91 Å². The zero-order valence-electron chi connectivity index (χ0n) is 18.3. The minimum Gasteiger partial charge on any atom is -0.444 e. The molecule has 0 unspecified atom stereocenters. The number of fused-ring (bicyclic) bond motifs is 2. The third kappa shape index (κ3) is 4.15. The number of nitrogens with one attached hydrogen (secondary N) is 2. The normalized spacial score (nSPS) is 15.5. The first-order valence-electron chi connectivity index (χ1n) is 10.9. The number of hydrogen-bond acceptors (Lipinski definition) is 5. The van der Waals surface area contributed by atoms with E-state index < -0.39 is 15.9 Å². The van der Waals surface area contributed by atoms with Crippen molar-refractivity contribution in [1.82, 2.24) is 9.62 Å². The third-order valence-electron chi connectivity index (χ3n) is 6.14. The standard InChI is InChI=1S/C25H23N3O5S/c1-2-23(29)27-24-13-19-14-28(15-22(19)33-24)34(31,32)21-9-7-16(8-10-21)25(30)26-20-11-17-5-3-4-6-18(17)12-20/h2-10,13,20H,1,11-12,14-15H2,(H,26,30)(H,27,29). The van der Waals surface area contributed by atoms with Crippen LogP contribution in [-0.2, 0) is 40.7 Å². The summed E-state index contributed by atoms with van der Waals surface area (Å²) in [6.07, 6.45) is 2.70. The Balaban J connectivity index is 1.23. The fourth-order valence-electron chi connectivity index (χ4n) is 4.40. The molecule has 2 heterocycles. The lowest BCUT2D eigenvalue weighted by molar-refractivity contribution is -0.112. The average Bonchev–Trinajstić information content (AvgIpc) is 3.51. The molecule has 2 amide bonds. The van der Waals surface area contributed by atoms with E-state index in [4.69, 9.17) is 4.42 Å². The molecule has 0 fully saturated rings. The second kappa shape index (κ2) is 8.58. The molecule has 3 aromatic rings. The van der Waals surface area contributed by atoms with Crippen molar-refractivity contribution < 1.29 is 22.4 Å². The molecule has 1 aliphatic heterocycles. The van der Waals surface area contributed by atoms with Gasteiger partial charge in [0.05, 0.1) is 11.4 Å². The predicted molar refractivity (Wildman–Crippen MR) is 126 cm³/mol. The fraction of sp³-hybridized carbons (Fsp3) is 0.200. The Bertz CT molecular complexity index is 1340. The third-order valence-corrected chi connectivity index (χ3v) is 7.94. The van der Waals surface area contributed by atoms with Crippen LogP contribution in [0.5, 0.6) is 0 Å². The van der Waals surface area contributed by atoms with Crippen LogP contribution in [0, 0.1) is 0 Å². The number of carbonyl (C=O) groups is 2. The Morgan fingerprint density at radius 1 is 1.00 bits per heavy atom. The van der Waals surface area contributed by atoms with Crippen molar-refractivity contribution in [2.24, 2.45) is 0 Å². The Labute approximate surface area is 197 Å². The van der Waals surface area contributed by atoms with E-state index in [-0.39, 0.29) is 35.8 Å². The number of hydrogen-bond donors (Lipinski definition) is 2. The predicted octanol–water partition coefficient (Wildman–Crippen LogP) is 3.01. The van der Waals surface area contributed by atoms with Crippen LogP contribution in [-0.4, -0.2) is 30.6 Å². The summed E-state index contributed by atoms with van der Waals surface area (Å²) < 4.78 is 33.0. The summed E-state index contributed by atoms with van der Waals surface area (Å²) in [4.78, 5) is 24.2. The molecule has 0 radical (unpaired) electrons. The van der Waals surface area contributed by atoms with Gasteiger partial charge >= 0.3 is 0 Å². The highest BCUT2D eigenvalue weighted by Crippen LogP contribution is 2.32. The van der Waals surface area contributed by atoms with E-state index in [1.807, 2.05) is 12.1 Å². The van der Waals surface area contributed by atoms with E-state index in [1.54, 1.807) is 6.07 Å². The minimum absolute atomic E-state index is 0.0283. The molecular weight excluding hydrogens is 454 g/mol. The lowest BCUT2D eigenvalue weighted by Crippen LogP contribution is -2.35. The van der Waals surface area contributed by atoms with E-state index >= 15 is 0 Å². The van der Waals surface area contributed by atoms with E-state index in [0.29, 0.717) is 16.9 Å². The molecule has 2 N–H and O–H groups in total. The molecule has 1 aliphatic carbocycles. The number of anilines is 1. The number of nitrogens with zero attached hydrogens (tertiary/aromatic N) is 1. The van der Waals surface area contributed by atoms with Crippen molar-refractivity contribution in [3.05, 3.63) is 95.3 Å². The molecule has 34 heavy (non-hydrogen) atoms. The van der Waals surface area contributed by atoms with Crippen molar-refractivity contribution >= 4 is 27.7 Å². The summed E-state index contributed by atoms with van der Waals surface area (Å²) >= 11 is 0. The molecule has 0 spiro atoms. The quantitative estimate of drug-likeness (QED) is 0.531. The van der Waals surface area contributed by atoms with Gasteiger partial charge < -0.3 is 9.73 Å². The Morgan fingerprint density at radius 2 is 1.68 bits per heavy atom. The highest BCUT2D eigenvalue weighted by molar-refractivity contribution is 7.89. The first kappa shape index (κ1) is 22.1. The number of carbonyl (C=O) groups excluding carboxylic acids is 2. The van der Waals surface area contributed by atoms with Gasteiger partial charge in [0.2, 0.25) is 15.9 Å². The Kier molecular flexibility index (Phi) is 5.59. The van der Waals surface area contributed by atoms with Crippen LogP contribution < -0.4 is 10.6 Å². The summed E-state index contributed by atoms with van der Waals surface area (Å²) in [5, 5.41) is 5.56. The second-order valence-electron chi connectivity index (χ2n) is 8.40. The van der Waals surface area contributed by atoms with Gasteiger partial charge in [0.15, 0.2) is 5.88 Å². The highest BCUT2D eigenvalue weighted by atomic mass is 32.2. The van der Waals surface area contributed by atoms with Crippen LogP contribution in [0.4, 0.5) is 5.88 Å². The lowest BCUT2D eigenvalue weighted by atomic mass is 10.1. The van der Waals surface area contributed by atoms with E-state index in [0.717, 1.165) is 18.9 Å². The lowest BCUT2D eigenvalue weighted by Gasteiger charge is -2.16. The summed E-state index contributed by atoms with van der Waals surface area (Å²) in [7, 11) is -3.78. The number of rotatable bonds is 6. The molecule has 5 rings (SSSR count). The van der Waals surface area contributed by atoms with Gasteiger partial charge in [-0.15, -0.1) is 0 Å². The highest BCUT2D eigenvalue weighted by Gasteiger charge is 2.33. The van der Waals surface area contributed by atoms with Crippen LogP contribution in [0.25, 0.3) is 0 Å². The molecular formula is C25H23N3O5S. The molecule has 2 aromatic carbocycles. The maximum atomic E-state index is 13.1. The molecule has 174 valence electrons. The smallest absolute Gasteiger partial charge is 0.251 e. The molecule has 0 saturated heterocycles. The van der Waals surface area contributed by atoms with Gasteiger partial charge in [-0.25, -0.2) is 8.42 Å². The SMILES string of the molecule is C=CC(=O)Nc1cc2c(o1)CN(S(=O)(=O)c1ccc(C(=O)NC3Cc4ccccc4C3)cc1)C2. The van der Waals surface area contributed by atoms with Crippen molar-refractivity contribution in [1.29, 1.82) is 0 Å². The van der Waals surface area contributed by atoms with Crippen LogP contribution in [0.2, 0.25) is 0 Å². The van der Waals surface area contributed by atoms with Crippen LogP contribution in [0.1, 0.15) is 32.8 Å². The molecule has 0 saturated carbocycles. The van der Waals surface area contributed by atoms with Crippen LogP contribution in [0.3, 0.4) is 0 Å². The minimum atomic E-state index is -3.78. The Hall–Kier alpha value is -3.69. The first-order chi connectivity index (χ1) is 16.3. The first-order valence-corrected chi connectivity index (χ1v) is 12.3. The zero-order valence-corrected chi connectivity index (χ0v) is 19.1. The monoisotopic (exact) mass is 477 g/mol. The number of amides is 2. The maximum absolute atomic E-state index is 13.1. The van der Waals surface area contributed by atoms with E-state index in [2.05, 4.69) is 29.3 Å². The fourth-order valence-corrected chi connectivity index (χ4v) is 5.78.